The maximum Gasteiger partial charge on any atom is 0.340 e. The molecule has 0 fully saturated rings. The van der Waals surface area contributed by atoms with E-state index in [-0.39, 0.29) is 16.3 Å². The average molecular weight is 423 g/mol. The number of methoxy groups -OCH3 is 1. The van der Waals surface area contributed by atoms with Crippen LogP contribution in [-0.4, -0.2) is 39.5 Å². The number of esters is 1. The Hall–Kier alpha value is -1.74. The fourth-order valence-electron chi connectivity index (χ4n) is 3.53. The van der Waals surface area contributed by atoms with Crippen molar-refractivity contribution in [1.29, 1.82) is 0 Å². The minimum Gasteiger partial charge on any atom is -0.465 e. The number of aryl methyl sites for hydroxylation is 2. The highest BCUT2D eigenvalue weighted by atomic mass is 32.2. The van der Waals surface area contributed by atoms with Crippen molar-refractivity contribution in [1.82, 2.24) is 9.62 Å². The molecule has 8 heteroatoms. The molecule has 0 unspecified atom stereocenters. The van der Waals surface area contributed by atoms with Crippen molar-refractivity contribution in [3.63, 3.8) is 0 Å². The van der Waals surface area contributed by atoms with Gasteiger partial charge >= 0.3 is 5.97 Å². The van der Waals surface area contributed by atoms with Gasteiger partial charge in [0, 0.05) is 31.1 Å². The van der Waals surface area contributed by atoms with Crippen molar-refractivity contribution in [3.05, 3.63) is 50.9 Å². The van der Waals surface area contributed by atoms with Crippen molar-refractivity contribution in [2.24, 2.45) is 0 Å². The summed E-state index contributed by atoms with van der Waals surface area (Å²) in [7, 11) is -2.45. The summed E-state index contributed by atoms with van der Waals surface area (Å²) in [6, 6.07) is 6.43. The Morgan fingerprint density at radius 1 is 1.32 bits per heavy atom. The number of carbonyl (C=O) groups is 1. The van der Waals surface area contributed by atoms with E-state index >= 15 is 0 Å². The van der Waals surface area contributed by atoms with Gasteiger partial charge in [-0.05, 0) is 37.0 Å². The van der Waals surface area contributed by atoms with E-state index in [1.807, 2.05) is 0 Å². The van der Waals surface area contributed by atoms with Crippen LogP contribution in [0.3, 0.4) is 0 Å². The minimum atomic E-state index is -3.73. The van der Waals surface area contributed by atoms with Crippen LogP contribution >= 0.6 is 11.3 Å². The molecule has 2 heterocycles. The maximum absolute atomic E-state index is 12.6. The van der Waals surface area contributed by atoms with Crippen molar-refractivity contribution in [2.75, 3.05) is 20.2 Å². The van der Waals surface area contributed by atoms with E-state index in [1.165, 1.54) is 35.1 Å². The third kappa shape index (κ3) is 4.15. The zero-order chi connectivity index (χ0) is 20.5. The van der Waals surface area contributed by atoms with Crippen LogP contribution in [0.15, 0.2) is 22.4 Å². The number of ether oxygens (including phenoxy) is 1. The number of thiophene rings is 1. The number of hydrogen-bond donors (Lipinski definition) is 1. The fourth-order valence-corrected chi connectivity index (χ4v) is 6.54. The lowest BCUT2D eigenvalue weighted by atomic mass is 10.0. The normalized spacial score (nSPS) is 14.7. The van der Waals surface area contributed by atoms with Gasteiger partial charge in [-0.15, -0.1) is 11.3 Å². The van der Waals surface area contributed by atoms with Crippen LogP contribution in [0.4, 0.5) is 0 Å². The number of rotatable bonds is 6. The van der Waals surface area contributed by atoms with Crippen LogP contribution in [0.5, 0.6) is 0 Å². The summed E-state index contributed by atoms with van der Waals surface area (Å²) in [6.45, 7) is 8.36. The predicted molar refractivity (Wildman–Crippen MR) is 110 cm³/mol. The van der Waals surface area contributed by atoms with Gasteiger partial charge in [0.25, 0.3) is 10.0 Å². The average Bonchev–Trinajstić information content (AvgIpc) is 3.04. The molecule has 1 aliphatic heterocycles. The molecule has 0 radical (unpaired) electrons. The van der Waals surface area contributed by atoms with E-state index in [1.54, 1.807) is 6.92 Å². The monoisotopic (exact) mass is 422 g/mol. The van der Waals surface area contributed by atoms with E-state index in [9.17, 15) is 13.2 Å². The molecular formula is C20H26N2O4S2. The molecule has 1 aromatic carbocycles. The van der Waals surface area contributed by atoms with Gasteiger partial charge < -0.3 is 4.74 Å². The summed E-state index contributed by atoms with van der Waals surface area (Å²) in [4.78, 5) is 15.6. The number of sulfonamides is 1. The molecule has 152 valence electrons. The van der Waals surface area contributed by atoms with Gasteiger partial charge in [0.15, 0.2) is 0 Å². The van der Waals surface area contributed by atoms with Crippen LogP contribution in [0, 0.1) is 13.8 Å². The Morgan fingerprint density at radius 3 is 2.75 bits per heavy atom. The van der Waals surface area contributed by atoms with Gasteiger partial charge in [0.1, 0.15) is 4.21 Å². The van der Waals surface area contributed by atoms with Crippen molar-refractivity contribution >= 4 is 27.3 Å². The third-order valence-electron chi connectivity index (χ3n) is 4.97. The number of fused-ring (bicyclic) bond motifs is 1. The van der Waals surface area contributed by atoms with Crippen LogP contribution in [0.25, 0.3) is 0 Å². The maximum atomic E-state index is 12.6. The van der Waals surface area contributed by atoms with E-state index < -0.39 is 16.0 Å². The first-order chi connectivity index (χ1) is 13.3. The van der Waals surface area contributed by atoms with E-state index in [4.69, 9.17) is 4.74 Å². The predicted octanol–water partition coefficient (Wildman–Crippen LogP) is 3.01. The topological polar surface area (TPSA) is 75.7 Å². The molecule has 0 atom stereocenters. The van der Waals surface area contributed by atoms with Crippen LogP contribution in [0.1, 0.15) is 44.4 Å². The lowest BCUT2D eigenvalue weighted by Crippen LogP contribution is -2.30. The van der Waals surface area contributed by atoms with Gasteiger partial charge in [-0.1, -0.05) is 30.7 Å². The standard InChI is InChI=1S/C20H26N2O4S2/c1-5-21-28(24,25)20-18(19(23)26-4)16-8-9-22(12-17(16)27-20)11-15-10-13(2)6-7-14(15)3/h6-7,10,21H,5,8-9,11-12H2,1-4H3. The molecule has 0 spiro atoms. The Kier molecular flexibility index (Phi) is 6.24. The number of nitrogens with one attached hydrogen (secondary N) is 1. The number of carbonyl (C=O) groups excluding carboxylic acids is 1. The molecule has 2 aromatic rings. The second-order valence-electron chi connectivity index (χ2n) is 7.05. The molecule has 0 aliphatic carbocycles. The van der Waals surface area contributed by atoms with Crippen LogP contribution in [-0.2, 0) is 34.3 Å². The first kappa shape index (κ1) is 21.0. The molecule has 1 aromatic heterocycles. The summed E-state index contributed by atoms with van der Waals surface area (Å²) in [5, 5.41) is 0. The molecule has 0 amide bonds. The van der Waals surface area contributed by atoms with Gasteiger partial charge in [-0.2, -0.15) is 0 Å². The second-order valence-corrected chi connectivity index (χ2v) is 10.1. The molecule has 1 aliphatic rings. The zero-order valence-corrected chi connectivity index (χ0v) is 18.3. The Bertz CT molecular complexity index is 996. The molecule has 6 nitrogen and oxygen atoms in total. The van der Waals surface area contributed by atoms with E-state index in [0.717, 1.165) is 23.5 Å². The Labute approximate surface area is 170 Å². The lowest BCUT2D eigenvalue weighted by molar-refractivity contribution is 0.0595. The Morgan fingerprint density at radius 2 is 2.07 bits per heavy atom. The van der Waals surface area contributed by atoms with Crippen LogP contribution in [0.2, 0.25) is 0 Å². The quantitative estimate of drug-likeness (QED) is 0.725. The highest BCUT2D eigenvalue weighted by Gasteiger charge is 2.33. The second kappa shape index (κ2) is 8.32. The smallest absolute Gasteiger partial charge is 0.340 e. The van der Waals surface area contributed by atoms with Gasteiger partial charge in [-0.25, -0.2) is 17.9 Å². The van der Waals surface area contributed by atoms with Crippen molar-refractivity contribution in [2.45, 2.75) is 44.5 Å². The highest BCUT2D eigenvalue weighted by molar-refractivity contribution is 7.91. The highest BCUT2D eigenvalue weighted by Crippen LogP contribution is 2.37. The molecule has 3 rings (SSSR count). The van der Waals surface area contributed by atoms with E-state index in [2.05, 4.69) is 41.7 Å². The number of hydrogen-bond acceptors (Lipinski definition) is 6. The molecule has 0 saturated heterocycles. The van der Waals surface area contributed by atoms with Crippen molar-refractivity contribution < 1.29 is 17.9 Å². The van der Waals surface area contributed by atoms with E-state index in [0.29, 0.717) is 13.0 Å². The summed E-state index contributed by atoms with van der Waals surface area (Å²) in [5.74, 6) is -0.586. The molecule has 1 N–H and O–H groups in total. The molecule has 28 heavy (non-hydrogen) atoms. The Balaban J connectivity index is 1.94. The molecular weight excluding hydrogens is 396 g/mol. The molecule has 0 saturated carbocycles. The summed E-state index contributed by atoms with van der Waals surface area (Å²) in [5.41, 5.74) is 4.75. The van der Waals surface area contributed by atoms with Crippen LogP contribution < -0.4 is 4.72 Å². The summed E-state index contributed by atoms with van der Waals surface area (Å²) >= 11 is 1.18. The zero-order valence-electron chi connectivity index (χ0n) is 16.7. The number of benzene rings is 1. The lowest BCUT2D eigenvalue weighted by Gasteiger charge is -2.27. The summed E-state index contributed by atoms with van der Waals surface area (Å²) in [6.07, 6.45) is 0.628. The summed E-state index contributed by atoms with van der Waals surface area (Å²) < 4.78 is 32.7. The first-order valence-electron chi connectivity index (χ1n) is 9.27. The largest absolute Gasteiger partial charge is 0.465 e. The molecule has 0 bridgehead atoms. The fraction of sp³-hybridized carbons (Fsp3) is 0.450. The van der Waals surface area contributed by atoms with Gasteiger partial charge in [0.2, 0.25) is 0 Å². The van der Waals surface area contributed by atoms with Gasteiger partial charge in [-0.3, -0.25) is 4.90 Å². The third-order valence-corrected chi connectivity index (χ3v) is 8.25. The van der Waals surface area contributed by atoms with Gasteiger partial charge in [0.05, 0.1) is 12.7 Å². The SMILES string of the molecule is CCNS(=O)(=O)c1sc2c(c1C(=O)OC)CCN(Cc1cc(C)ccc1C)C2. The van der Waals surface area contributed by atoms with Crippen molar-refractivity contribution in [3.8, 4) is 0 Å². The first-order valence-corrected chi connectivity index (χ1v) is 11.6. The minimum absolute atomic E-state index is 0.0692. The number of nitrogens with zero attached hydrogens (tertiary/aromatic N) is 1.